The molecule has 5 nitrogen and oxygen atoms in total. The van der Waals surface area contributed by atoms with Gasteiger partial charge in [0.25, 0.3) is 8.32 Å². The van der Waals surface area contributed by atoms with Gasteiger partial charge < -0.3 is 18.6 Å². The largest absolute Gasteiger partial charge is 0.403 e. The lowest BCUT2D eigenvalue weighted by atomic mass is 9.80. The van der Waals surface area contributed by atoms with E-state index in [1.165, 1.54) is 10.4 Å². The zero-order chi connectivity index (χ0) is 27.9. The number of fused-ring (bicyclic) bond motifs is 2. The lowest BCUT2D eigenvalue weighted by Crippen LogP contribution is -2.67. The van der Waals surface area contributed by atoms with Crippen molar-refractivity contribution in [2.45, 2.75) is 77.4 Å². The van der Waals surface area contributed by atoms with Crippen LogP contribution in [-0.4, -0.2) is 51.9 Å². The van der Waals surface area contributed by atoms with E-state index in [4.69, 9.17) is 18.6 Å². The molecule has 2 fully saturated rings. The molecule has 0 bridgehead atoms. The van der Waals surface area contributed by atoms with Gasteiger partial charge in [-0.3, -0.25) is 4.79 Å². The zero-order valence-electron chi connectivity index (χ0n) is 24.2. The number of carbonyl (C=O) groups excluding carboxylic acids is 1. The molecule has 1 spiro atoms. The quantitative estimate of drug-likeness (QED) is 0.331. The number of benzene rings is 2. The number of hydrogen-bond acceptors (Lipinski definition) is 5. The van der Waals surface area contributed by atoms with Crippen LogP contribution in [0.2, 0.25) is 5.04 Å². The van der Waals surface area contributed by atoms with Crippen molar-refractivity contribution < 1.29 is 23.4 Å². The van der Waals surface area contributed by atoms with Crippen molar-refractivity contribution in [3.8, 4) is 0 Å². The van der Waals surface area contributed by atoms with Gasteiger partial charge in [0, 0.05) is 16.6 Å². The summed E-state index contributed by atoms with van der Waals surface area (Å²) >= 11 is 0. The minimum atomic E-state index is -2.86. The molecule has 5 rings (SSSR count). The Kier molecular flexibility index (Phi) is 7.63. The fourth-order valence-electron chi connectivity index (χ4n) is 6.33. The van der Waals surface area contributed by atoms with E-state index >= 15 is 0 Å². The Morgan fingerprint density at radius 2 is 1.49 bits per heavy atom. The summed E-state index contributed by atoms with van der Waals surface area (Å²) < 4.78 is 26.7. The highest BCUT2D eigenvalue weighted by Gasteiger charge is 2.68. The van der Waals surface area contributed by atoms with Crippen molar-refractivity contribution >= 4 is 24.5 Å². The molecule has 0 N–H and O–H groups in total. The Hall–Kier alpha value is -2.35. The summed E-state index contributed by atoms with van der Waals surface area (Å²) in [5, 5.41) is 2.18. The van der Waals surface area contributed by atoms with Gasteiger partial charge in [-0.25, -0.2) is 0 Å². The van der Waals surface area contributed by atoms with Gasteiger partial charge in [-0.2, -0.15) is 0 Å². The van der Waals surface area contributed by atoms with Crippen molar-refractivity contribution in [1.29, 1.82) is 0 Å². The summed E-state index contributed by atoms with van der Waals surface area (Å²) in [5.74, 6) is -1.13. The molecule has 2 aliphatic heterocycles. The topological polar surface area (TPSA) is 57.3 Å². The van der Waals surface area contributed by atoms with Gasteiger partial charge in [0.05, 0.1) is 19.8 Å². The maximum absolute atomic E-state index is 13.5. The van der Waals surface area contributed by atoms with Gasteiger partial charge in [-0.15, -0.1) is 0 Å². The summed E-state index contributed by atoms with van der Waals surface area (Å²) in [4.78, 5) is 13.5. The van der Waals surface area contributed by atoms with E-state index in [9.17, 15) is 4.79 Å². The molecule has 2 aromatic rings. The number of epoxide rings is 1. The molecular weight excluding hydrogens is 504 g/mol. The summed E-state index contributed by atoms with van der Waals surface area (Å²) in [5.41, 5.74) is 1.30. The number of hydrogen-bond donors (Lipinski definition) is 0. The highest BCUT2D eigenvalue weighted by Crippen LogP contribution is 2.52. The summed E-state index contributed by atoms with van der Waals surface area (Å²) in [7, 11) is -2.86. The van der Waals surface area contributed by atoms with E-state index in [-0.39, 0.29) is 22.8 Å². The molecule has 208 valence electrons. The van der Waals surface area contributed by atoms with Crippen molar-refractivity contribution in [3.05, 3.63) is 84.0 Å². The molecule has 0 amide bonds. The van der Waals surface area contributed by atoms with Crippen LogP contribution in [0.4, 0.5) is 0 Å². The third kappa shape index (κ3) is 4.60. The molecule has 0 aromatic heterocycles. The second-order valence-electron chi connectivity index (χ2n) is 12.1. The second-order valence-corrected chi connectivity index (χ2v) is 16.4. The lowest BCUT2D eigenvalue weighted by molar-refractivity contribution is -0.294. The number of ketones is 1. The van der Waals surface area contributed by atoms with Gasteiger partial charge in [-0.05, 0) is 35.2 Å². The summed E-state index contributed by atoms with van der Waals surface area (Å²) in [6.45, 7) is 14.4. The van der Waals surface area contributed by atoms with E-state index in [0.717, 1.165) is 18.4 Å². The third-order valence-electron chi connectivity index (χ3n) is 9.00. The van der Waals surface area contributed by atoms with Gasteiger partial charge in [-0.1, -0.05) is 107 Å². The first-order valence-corrected chi connectivity index (χ1v) is 16.2. The number of carbonyl (C=O) groups is 1. The number of Topliss-reactive ketones (excluding diaryl/α,β-unsaturated/α-hetero) is 1. The van der Waals surface area contributed by atoms with Crippen molar-refractivity contribution in [3.63, 3.8) is 0 Å². The Balaban J connectivity index is 1.62. The van der Waals surface area contributed by atoms with Crippen LogP contribution in [-0.2, 0) is 23.4 Å². The first-order valence-electron chi connectivity index (χ1n) is 14.3. The lowest BCUT2D eigenvalue weighted by Gasteiger charge is -2.49. The van der Waals surface area contributed by atoms with Crippen LogP contribution in [0.25, 0.3) is 0 Å². The highest BCUT2D eigenvalue weighted by atomic mass is 28.4. The maximum atomic E-state index is 13.5. The van der Waals surface area contributed by atoms with Crippen LogP contribution in [0.3, 0.4) is 0 Å². The summed E-state index contributed by atoms with van der Waals surface area (Å²) in [6, 6.07) is 21.1. The molecule has 3 aliphatic rings. The Bertz CT molecular complexity index is 1190. The normalized spacial score (nSPS) is 24.3. The van der Waals surface area contributed by atoms with Crippen LogP contribution < -0.4 is 10.4 Å². The molecule has 6 heteroatoms. The molecule has 2 heterocycles. The van der Waals surface area contributed by atoms with Gasteiger partial charge >= 0.3 is 0 Å². The van der Waals surface area contributed by atoms with Crippen LogP contribution >= 0.6 is 0 Å². The Morgan fingerprint density at radius 3 is 1.95 bits per heavy atom. The van der Waals surface area contributed by atoms with Crippen LogP contribution in [0.5, 0.6) is 0 Å². The number of allylic oxidation sites excluding steroid dienone is 2. The minimum Gasteiger partial charge on any atom is -0.403 e. The monoisotopic (exact) mass is 546 g/mol. The molecule has 2 atom stereocenters. The van der Waals surface area contributed by atoms with Crippen LogP contribution in [0.1, 0.15) is 54.4 Å². The molecule has 2 saturated heterocycles. The molecule has 1 aliphatic carbocycles. The average Bonchev–Trinajstić information content (AvgIpc) is 3.77. The molecule has 0 unspecified atom stereocenters. The first-order chi connectivity index (χ1) is 18.7. The molecule has 39 heavy (non-hydrogen) atoms. The van der Waals surface area contributed by atoms with E-state index in [0.29, 0.717) is 18.8 Å². The first kappa shape index (κ1) is 28.2. The number of ether oxygens (including phenoxy) is 3. The van der Waals surface area contributed by atoms with Gasteiger partial charge in [0.15, 0.2) is 18.0 Å². The van der Waals surface area contributed by atoms with E-state index in [2.05, 4.69) is 83.1 Å². The average molecular weight is 547 g/mol. The van der Waals surface area contributed by atoms with Gasteiger partial charge in [0.2, 0.25) is 5.79 Å². The third-order valence-corrected chi connectivity index (χ3v) is 14.0. The predicted octanol–water partition coefficient (Wildman–Crippen LogP) is 5.34. The van der Waals surface area contributed by atoms with Gasteiger partial charge in [0.1, 0.15) is 0 Å². The molecule has 2 aromatic carbocycles. The number of rotatable bonds is 8. The standard InChI is InChI=1S/C33H42O5Si/c1-7-16-26-27(33(30-29(38-30)28(26)34)35-22-32(8-2,9-3)23-36-33)21-37-39(31(4,5)6,24-17-12-10-13-18-24)25-19-14-11-15-20-25/h7,10-20,29-30H,8-9,21-23H2,1-6H3/b16-7-/t29-,30-/m0/s1. The second kappa shape index (κ2) is 10.6. The smallest absolute Gasteiger partial charge is 0.261 e. The molecular formula is C33H42O5Si. The van der Waals surface area contributed by atoms with Crippen LogP contribution in [0, 0.1) is 5.41 Å². The van der Waals surface area contributed by atoms with E-state index in [1.807, 2.05) is 31.2 Å². The van der Waals surface area contributed by atoms with E-state index in [1.54, 1.807) is 0 Å². The molecule has 0 radical (unpaired) electrons. The van der Waals surface area contributed by atoms with Crippen molar-refractivity contribution in [1.82, 2.24) is 0 Å². The fraction of sp³-hybridized carbons (Fsp3) is 0.485. The predicted molar refractivity (Wildman–Crippen MR) is 157 cm³/mol. The van der Waals surface area contributed by atoms with Crippen molar-refractivity contribution in [2.24, 2.45) is 5.41 Å². The zero-order valence-corrected chi connectivity index (χ0v) is 25.2. The van der Waals surface area contributed by atoms with E-state index < -0.39 is 26.3 Å². The Morgan fingerprint density at radius 1 is 0.949 bits per heavy atom. The Labute approximate surface area is 234 Å². The van der Waals surface area contributed by atoms with Crippen molar-refractivity contribution in [2.75, 3.05) is 19.8 Å². The highest BCUT2D eigenvalue weighted by molar-refractivity contribution is 6.99. The molecule has 0 saturated carbocycles. The fourth-order valence-corrected chi connectivity index (χ4v) is 10.8. The van der Waals surface area contributed by atoms with Crippen LogP contribution in [0.15, 0.2) is 84.0 Å². The SMILES string of the molecule is C/C=C\C1=C(CO[Si](c2ccccc2)(c2ccccc2)C(C)(C)C)C2(OCC(CC)(CC)CO2)[C@H]2O[C@H]2C1=O. The maximum Gasteiger partial charge on any atom is 0.261 e. The summed E-state index contributed by atoms with van der Waals surface area (Å²) in [6.07, 6.45) is 4.74. The minimum absolute atomic E-state index is 0.0141.